The van der Waals surface area contributed by atoms with Crippen molar-refractivity contribution in [3.63, 3.8) is 0 Å². The molecular formula is C26H23N7O. The molecule has 0 aliphatic carbocycles. The lowest BCUT2D eigenvalue weighted by atomic mass is 10.1. The van der Waals surface area contributed by atoms with Gasteiger partial charge in [0.25, 0.3) is 0 Å². The number of aromatic nitrogens is 5. The van der Waals surface area contributed by atoms with Gasteiger partial charge >= 0.3 is 6.03 Å². The average Bonchev–Trinajstić information content (AvgIpc) is 3.52. The molecule has 8 heteroatoms. The summed E-state index contributed by atoms with van der Waals surface area (Å²) >= 11 is 0. The van der Waals surface area contributed by atoms with Crippen molar-refractivity contribution in [3.8, 4) is 22.8 Å². The van der Waals surface area contributed by atoms with Crippen molar-refractivity contribution in [2.45, 2.75) is 13.8 Å². The topological polar surface area (TPSA) is 89.7 Å². The van der Waals surface area contributed by atoms with E-state index in [4.69, 9.17) is 0 Å². The summed E-state index contributed by atoms with van der Waals surface area (Å²) in [5.74, 6) is 1.19. The molecule has 0 fully saturated rings. The minimum absolute atomic E-state index is 0.355. The van der Waals surface area contributed by atoms with Gasteiger partial charge < -0.3 is 5.32 Å². The SMILES string of the molecule is Cc1ccc(C)c(-n2nccc2NC(=O)Nc2ccc(-c3ncn(-c4ccccc4)n3)cc2)c1. The molecule has 0 atom stereocenters. The molecule has 0 radical (unpaired) electrons. The molecule has 0 aliphatic rings. The number of benzene rings is 3. The number of para-hydroxylation sites is 1. The van der Waals surface area contributed by atoms with Gasteiger partial charge in [0.15, 0.2) is 5.82 Å². The first-order valence-corrected chi connectivity index (χ1v) is 10.8. The average molecular weight is 450 g/mol. The number of hydrogen-bond donors (Lipinski definition) is 2. The number of aryl methyl sites for hydroxylation is 2. The van der Waals surface area contributed by atoms with E-state index in [9.17, 15) is 4.79 Å². The van der Waals surface area contributed by atoms with E-state index in [1.165, 1.54) is 0 Å². The van der Waals surface area contributed by atoms with Crippen LogP contribution in [0.5, 0.6) is 0 Å². The molecule has 0 spiro atoms. The van der Waals surface area contributed by atoms with Crippen LogP contribution in [0.25, 0.3) is 22.8 Å². The molecule has 0 saturated heterocycles. The van der Waals surface area contributed by atoms with Gasteiger partial charge in [-0.3, -0.25) is 5.32 Å². The van der Waals surface area contributed by atoms with Gasteiger partial charge in [0, 0.05) is 17.3 Å². The molecule has 5 aromatic rings. The number of anilines is 2. The zero-order chi connectivity index (χ0) is 23.5. The monoisotopic (exact) mass is 449 g/mol. The largest absolute Gasteiger partial charge is 0.324 e. The number of urea groups is 1. The maximum atomic E-state index is 12.6. The molecule has 0 aliphatic heterocycles. The van der Waals surface area contributed by atoms with Crippen molar-refractivity contribution >= 4 is 17.5 Å². The summed E-state index contributed by atoms with van der Waals surface area (Å²) in [6, 6.07) is 24.7. The maximum Gasteiger partial charge on any atom is 0.324 e. The minimum Gasteiger partial charge on any atom is -0.308 e. The van der Waals surface area contributed by atoms with Crippen LogP contribution in [0.2, 0.25) is 0 Å². The van der Waals surface area contributed by atoms with Crippen LogP contribution >= 0.6 is 0 Å². The van der Waals surface area contributed by atoms with E-state index in [0.717, 1.165) is 28.1 Å². The van der Waals surface area contributed by atoms with Crippen LogP contribution in [0.15, 0.2) is 91.4 Å². The second kappa shape index (κ2) is 9.03. The molecule has 2 N–H and O–H groups in total. The molecule has 2 heterocycles. The van der Waals surface area contributed by atoms with E-state index in [1.807, 2.05) is 86.6 Å². The Kier molecular flexibility index (Phi) is 5.61. The number of hydrogen-bond acceptors (Lipinski definition) is 4. The quantitative estimate of drug-likeness (QED) is 0.377. The van der Waals surface area contributed by atoms with Crippen molar-refractivity contribution in [3.05, 3.63) is 103 Å². The van der Waals surface area contributed by atoms with Crippen molar-refractivity contribution in [1.82, 2.24) is 24.5 Å². The Labute approximate surface area is 196 Å². The molecule has 0 saturated carbocycles. The van der Waals surface area contributed by atoms with Crippen LogP contribution in [-0.2, 0) is 0 Å². The Hall–Kier alpha value is -4.72. The molecule has 34 heavy (non-hydrogen) atoms. The molecular weight excluding hydrogens is 426 g/mol. The zero-order valence-corrected chi connectivity index (χ0v) is 18.8. The summed E-state index contributed by atoms with van der Waals surface area (Å²) in [7, 11) is 0. The summed E-state index contributed by atoms with van der Waals surface area (Å²) in [4.78, 5) is 17.0. The van der Waals surface area contributed by atoms with E-state index in [1.54, 1.807) is 28.0 Å². The van der Waals surface area contributed by atoms with Crippen LogP contribution in [0.3, 0.4) is 0 Å². The van der Waals surface area contributed by atoms with Crippen LogP contribution < -0.4 is 10.6 Å². The fraction of sp³-hybridized carbons (Fsp3) is 0.0769. The summed E-state index contributed by atoms with van der Waals surface area (Å²) in [5, 5.41) is 14.6. The van der Waals surface area contributed by atoms with Gasteiger partial charge in [-0.05, 0) is 67.4 Å². The molecule has 2 aromatic heterocycles. The summed E-state index contributed by atoms with van der Waals surface area (Å²) < 4.78 is 3.45. The van der Waals surface area contributed by atoms with Gasteiger partial charge in [0.05, 0.1) is 17.6 Å². The lowest BCUT2D eigenvalue weighted by Gasteiger charge is -2.12. The van der Waals surface area contributed by atoms with Crippen molar-refractivity contribution in [2.75, 3.05) is 10.6 Å². The number of nitrogens with one attached hydrogen (secondary N) is 2. The highest BCUT2D eigenvalue weighted by Crippen LogP contribution is 2.21. The Balaban J connectivity index is 1.27. The van der Waals surface area contributed by atoms with Gasteiger partial charge in [-0.15, -0.1) is 5.10 Å². The third-order valence-corrected chi connectivity index (χ3v) is 5.39. The van der Waals surface area contributed by atoms with Gasteiger partial charge in [-0.1, -0.05) is 30.3 Å². The highest BCUT2D eigenvalue weighted by Gasteiger charge is 2.12. The van der Waals surface area contributed by atoms with E-state index in [0.29, 0.717) is 17.3 Å². The standard InChI is InChI=1S/C26H23N7O/c1-18-8-9-19(2)23(16-18)33-24(14-15-28-33)30-26(34)29-21-12-10-20(11-13-21)25-27-17-32(31-25)22-6-4-3-5-7-22/h3-17H,1-2H3,(H2,29,30,34). The van der Waals surface area contributed by atoms with Crippen LogP contribution in [-0.4, -0.2) is 30.6 Å². The van der Waals surface area contributed by atoms with Crippen molar-refractivity contribution in [1.29, 1.82) is 0 Å². The summed E-state index contributed by atoms with van der Waals surface area (Å²) in [6.45, 7) is 4.04. The number of carbonyl (C=O) groups is 1. The van der Waals surface area contributed by atoms with Gasteiger partial charge in [-0.2, -0.15) is 5.10 Å². The van der Waals surface area contributed by atoms with E-state index >= 15 is 0 Å². The van der Waals surface area contributed by atoms with E-state index < -0.39 is 0 Å². The van der Waals surface area contributed by atoms with E-state index in [2.05, 4.69) is 25.8 Å². The van der Waals surface area contributed by atoms with Gasteiger partial charge in [0.1, 0.15) is 12.1 Å². The van der Waals surface area contributed by atoms with Gasteiger partial charge in [0.2, 0.25) is 0 Å². The Bertz CT molecular complexity index is 1440. The molecule has 0 unspecified atom stereocenters. The summed E-state index contributed by atoms with van der Waals surface area (Å²) in [5.41, 5.74) is 5.56. The molecule has 168 valence electrons. The second-order valence-electron chi connectivity index (χ2n) is 7.92. The predicted octanol–water partition coefficient (Wildman–Crippen LogP) is 5.38. The number of carbonyl (C=O) groups excluding carboxylic acids is 1. The Morgan fingerprint density at radius 1 is 0.882 bits per heavy atom. The molecule has 5 rings (SSSR count). The molecule has 2 amide bonds. The fourth-order valence-electron chi connectivity index (χ4n) is 3.62. The molecule has 0 bridgehead atoms. The minimum atomic E-state index is -0.355. The lowest BCUT2D eigenvalue weighted by molar-refractivity contribution is 0.262. The Morgan fingerprint density at radius 3 is 2.47 bits per heavy atom. The predicted molar refractivity (Wildman–Crippen MR) is 132 cm³/mol. The fourth-order valence-corrected chi connectivity index (χ4v) is 3.62. The van der Waals surface area contributed by atoms with Gasteiger partial charge in [-0.25, -0.2) is 19.1 Å². The van der Waals surface area contributed by atoms with Crippen molar-refractivity contribution < 1.29 is 4.79 Å². The van der Waals surface area contributed by atoms with E-state index in [-0.39, 0.29) is 6.03 Å². The third-order valence-electron chi connectivity index (χ3n) is 5.39. The highest BCUT2D eigenvalue weighted by molar-refractivity contribution is 5.99. The second-order valence-corrected chi connectivity index (χ2v) is 7.92. The number of amides is 2. The number of rotatable bonds is 5. The maximum absolute atomic E-state index is 12.6. The lowest BCUT2D eigenvalue weighted by Crippen LogP contribution is -2.21. The normalized spacial score (nSPS) is 10.8. The zero-order valence-electron chi connectivity index (χ0n) is 18.8. The van der Waals surface area contributed by atoms with Crippen molar-refractivity contribution in [2.24, 2.45) is 0 Å². The first-order valence-electron chi connectivity index (χ1n) is 10.8. The number of nitrogens with zero attached hydrogens (tertiary/aromatic N) is 5. The van der Waals surface area contributed by atoms with Crippen LogP contribution in [0.1, 0.15) is 11.1 Å². The van der Waals surface area contributed by atoms with Crippen LogP contribution in [0.4, 0.5) is 16.3 Å². The summed E-state index contributed by atoms with van der Waals surface area (Å²) in [6.07, 6.45) is 3.34. The Morgan fingerprint density at radius 2 is 1.68 bits per heavy atom. The third kappa shape index (κ3) is 4.42. The smallest absolute Gasteiger partial charge is 0.308 e. The molecule has 3 aromatic carbocycles. The highest BCUT2D eigenvalue weighted by atomic mass is 16.2. The van der Waals surface area contributed by atoms with Crippen LogP contribution in [0, 0.1) is 13.8 Å². The first kappa shape index (κ1) is 21.1. The molecule has 8 nitrogen and oxygen atoms in total. The first-order chi connectivity index (χ1) is 16.6.